The van der Waals surface area contributed by atoms with Crippen LogP contribution in [0.3, 0.4) is 0 Å². The van der Waals surface area contributed by atoms with Crippen molar-refractivity contribution in [1.29, 1.82) is 5.26 Å². The molecule has 0 atom stereocenters. The minimum Gasteiger partial charge on any atom is -0.268 e. The summed E-state index contributed by atoms with van der Waals surface area (Å²) in [5, 5.41) is 12.5. The first kappa shape index (κ1) is 10.1. The number of benzene rings is 1. The van der Waals surface area contributed by atoms with Gasteiger partial charge in [0.15, 0.2) is 0 Å². The first-order valence-corrected chi connectivity index (χ1v) is 4.81. The summed E-state index contributed by atoms with van der Waals surface area (Å²) in [4.78, 5) is 11.6. The van der Waals surface area contributed by atoms with Gasteiger partial charge < -0.3 is 0 Å². The van der Waals surface area contributed by atoms with Crippen molar-refractivity contribution in [2.45, 2.75) is 6.54 Å². The number of rotatable bonds is 2. The van der Waals surface area contributed by atoms with Crippen molar-refractivity contribution in [3.8, 4) is 6.07 Å². The van der Waals surface area contributed by atoms with E-state index in [9.17, 15) is 4.79 Å². The monoisotopic (exact) mass is 211 g/mol. The zero-order valence-corrected chi connectivity index (χ0v) is 8.50. The van der Waals surface area contributed by atoms with Gasteiger partial charge in [0, 0.05) is 6.07 Å². The van der Waals surface area contributed by atoms with Gasteiger partial charge in [0.1, 0.15) is 6.07 Å². The molecule has 0 fully saturated rings. The van der Waals surface area contributed by atoms with E-state index in [1.807, 2.05) is 36.4 Å². The number of nitriles is 1. The van der Waals surface area contributed by atoms with E-state index in [1.54, 1.807) is 0 Å². The number of hydrogen-bond donors (Lipinski definition) is 0. The Balaban J connectivity index is 2.30. The molecule has 4 nitrogen and oxygen atoms in total. The SMILES string of the molecule is N#Cc1cnn(Cc2ccccc2)c(=O)c1. The van der Waals surface area contributed by atoms with E-state index in [2.05, 4.69) is 5.10 Å². The molecule has 0 aliphatic carbocycles. The second-order valence-electron chi connectivity index (χ2n) is 3.34. The van der Waals surface area contributed by atoms with Crippen molar-refractivity contribution in [1.82, 2.24) is 9.78 Å². The summed E-state index contributed by atoms with van der Waals surface area (Å²) in [6.45, 7) is 0.422. The van der Waals surface area contributed by atoms with Crippen LogP contribution in [0, 0.1) is 11.3 Å². The summed E-state index contributed by atoms with van der Waals surface area (Å²) in [5.41, 5.74) is 1.03. The van der Waals surface area contributed by atoms with E-state index in [0.717, 1.165) is 5.56 Å². The van der Waals surface area contributed by atoms with Gasteiger partial charge in [-0.25, -0.2) is 4.68 Å². The van der Waals surface area contributed by atoms with Gasteiger partial charge in [-0.1, -0.05) is 30.3 Å². The third-order valence-corrected chi connectivity index (χ3v) is 2.17. The van der Waals surface area contributed by atoms with Crippen molar-refractivity contribution in [3.63, 3.8) is 0 Å². The van der Waals surface area contributed by atoms with Crippen molar-refractivity contribution in [3.05, 3.63) is 64.1 Å². The minimum atomic E-state index is -0.261. The molecule has 0 aliphatic heterocycles. The standard InChI is InChI=1S/C12H9N3O/c13-7-11-6-12(16)15(14-8-11)9-10-4-2-1-3-5-10/h1-6,8H,9H2. The van der Waals surface area contributed by atoms with E-state index < -0.39 is 0 Å². The topological polar surface area (TPSA) is 58.7 Å². The summed E-state index contributed by atoms with van der Waals surface area (Å²) in [6.07, 6.45) is 1.39. The molecule has 0 aliphatic rings. The quantitative estimate of drug-likeness (QED) is 0.749. The van der Waals surface area contributed by atoms with Crippen LogP contribution in [0.5, 0.6) is 0 Å². The van der Waals surface area contributed by atoms with Crippen LogP contribution in [-0.4, -0.2) is 9.78 Å². The molecule has 0 bridgehead atoms. The maximum Gasteiger partial charge on any atom is 0.268 e. The molecule has 1 aromatic carbocycles. The van der Waals surface area contributed by atoms with E-state index in [4.69, 9.17) is 5.26 Å². The Kier molecular flexibility index (Phi) is 2.79. The van der Waals surface area contributed by atoms with E-state index in [1.165, 1.54) is 16.9 Å². The molecule has 1 heterocycles. The summed E-state index contributed by atoms with van der Waals surface area (Å²) in [6, 6.07) is 12.7. The zero-order valence-electron chi connectivity index (χ0n) is 8.50. The average Bonchev–Trinajstić information content (AvgIpc) is 2.33. The van der Waals surface area contributed by atoms with Crippen LogP contribution in [0.1, 0.15) is 11.1 Å². The fourth-order valence-electron chi connectivity index (χ4n) is 1.37. The lowest BCUT2D eigenvalue weighted by molar-refractivity contribution is 0.638. The predicted octanol–water partition coefficient (Wildman–Crippen LogP) is 1.16. The lowest BCUT2D eigenvalue weighted by Crippen LogP contribution is -2.22. The molecule has 0 saturated carbocycles. The van der Waals surface area contributed by atoms with Crippen LogP contribution in [-0.2, 0) is 6.54 Å². The van der Waals surface area contributed by atoms with Crippen molar-refractivity contribution < 1.29 is 0 Å². The second-order valence-corrected chi connectivity index (χ2v) is 3.34. The van der Waals surface area contributed by atoms with Gasteiger partial charge in [0.05, 0.1) is 18.3 Å². The summed E-state index contributed by atoms with van der Waals surface area (Å²) in [5.74, 6) is 0. The highest BCUT2D eigenvalue weighted by Gasteiger charge is 2.00. The Morgan fingerprint density at radius 1 is 1.31 bits per heavy atom. The van der Waals surface area contributed by atoms with Crippen LogP contribution in [0.4, 0.5) is 0 Å². The molecule has 2 aromatic rings. The number of nitrogens with zero attached hydrogens (tertiary/aromatic N) is 3. The number of aromatic nitrogens is 2. The van der Waals surface area contributed by atoms with Crippen molar-refractivity contribution in [2.75, 3.05) is 0 Å². The van der Waals surface area contributed by atoms with E-state index in [-0.39, 0.29) is 11.1 Å². The Morgan fingerprint density at radius 3 is 2.69 bits per heavy atom. The molecule has 0 N–H and O–H groups in total. The molecule has 0 saturated heterocycles. The van der Waals surface area contributed by atoms with Crippen LogP contribution < -0.4 is 5.56 Å². The molecule has 16 heavy (non-hydrogen) atoms. The fraction of sp³-hybridized carbons (Fsp3) is 0.0833. The Hall–Kier alpha value is -2.41. The highest BCUT2D eigenvalue weighted by atomic mass is 16.1. The van der Waals surface area contributed by atoms with Crippen LogP contribution in [0.25, 0.3) is 0 Å². The molecular formula is C12H9N3O. The normalized spacial score (nSPS) is 9.69. The van der Waals surface area contributed by atoms with E-state index in [0.29, 0.717) is 6.54 Å². The predicted molar refractivity (Wildman–Crippen MR) is 58.8 cm³/mol. The minimum absolute atomic E-state index is 0.261. The van der Waals surface area contributed by atoms with Gasteiger partial charge in [0.2, 0.25) is 0 Å². The van der Waals surface area contributed by atoms with Crippen LogP contribution in [0.15, 0.2) is 47.4 Å². The zero-order chi connectivity index (χ0) is 11.4. The van der Waals surface area contributed by atoms with Gasteiger partial charge >= 0.3 is 0 Å². The van der Waals surface area contributed by atoms with Crippen molar-refractivity contribution in [2.24, 2.45) is 0 Å². The summed E-state index contributed by atoms with van der Waals surface area (Å²) < 4.78 is 1.33. The molecule has 1 aromatic heterocycles. The smallest absolute Gasteiger partial charge is 0.268 e. The van der Waals surface area contributed by atoms with E-state index >= 15 is 0 Å². The van der Waals surface area contributed by atoms with Gasteiger partial charge in [-0.3, -0.25) is 4.79 Å². The Bertz CT molecular complexity index is 581. The maximum absolute atomic E-state index is 11.6. The lowest BCUT2D eigenvalue weighted by atomic mass is 10.2. The summed E-state index contributed by atoms with van der Waals surface area (Å²) in [7, 11) is 0. The highest BCUT2D eigenvalue weighted by Crippen LogP contribution is 1.99. The van der Waals surface area contributed by atoms with Gasteiger partial charge in [0.25, 0.3) is 5.56 Å². The molecule has 78 valence electrons. The third kappa shape index (κ3) is 2.15. The van der Waals surface area contributed by atoms with Crippen LogP contribution in [0.2, 0.25) is 0 Å². The van der Waals surface area contributed by atoms with Gasteiger partial charge in [-0.15, -0.1) is 0 Å². The largest absolute Gasteiger partial charge is 0.268 e. The highest BCUT2D eigenvalue weighted by molar-refractivity contribution is 5.23. The van der Waals surface area contributed by atoms with Crippen molar-refractivity contribution >= 4 is 0 Å². The maximum atomic E-state index is 11.6. The fourth-order valence-corrected chi connectivity index (χ4v) is 1.37. The van der Waals surface area contributed by atoms with Gasteiger partial charge in [-0.2, -0.15) is 10.4 Å². The molecule has 0 spiro atoms. The average molecular weight is 211 g/mol. The van der Waals surface area contributed by atoms with Crippen LogP contribution >= 0.6 is 0 Å². The molecule has 0 unspecified atom stereocenters. The second kappa shape index (κ2) is 4.41. The molecule has 0 amide bonds. The molecule has 4 heteroatoms. The molecule has 2 rings (SSSR count). The number of hydrogen-bond acceptors (Lipinski definition) is 3. The Labute approximate surface area is 92.4 Å². The van der Waals surface area contributed by atoms with Gasteiger partial charge in [-0.05, 0) is 5.56 Å². The lowest BCUT2D eigenvalue weighted by Gasteiger charge is -2.03. The summed E-state index contributed by atoms with van der Waals surface area (Å²) >= 11 is 0. The first-order valence-electron chi connectivity index (χ1n) is 4.81. The molecule has 0 radical (unpaired) electrons. The molecular weight excluding hydrogens is 202 g/mol. The first-order chi connectivity index (χ1) is 7.79. The third-order valence-electron chi connectivity index (χ3n) is 2.17. The Morgan fingerprint density at radius 2 is 2.06 bits per heavy atom.